The zero-order chi connectivity index (χ0) is 10.8. The first-order valence-corrected chi connectivity index (χ1v) is 5.18. The van der Waals surface area contributed by atoms with E-state index in [2.05, 4.69) is 9.97 Å². The van der Waals surface area contributed by atoms with Gasteiger partial charge in [-0.15, -0.1) is 11.6 Å². The summed E-state index contributed by atoms with van der Waals surface area (Å²) in [6.45, 7) is 0.610. The van der Waals surface area contributed by atoms with E-state index in [1.54, 1.807) is 11.0 Å². The van der Waals surface area contributed by atoms with Gasteiger partial charge in [0.15, 0.2) is 0 Å². The second kappa shape index (κ2) is 4.02. The molecule has 0 radical (unpaired) electrons. The van der Waals surface area contributed by atoms with Crippen LogP contribution in [0.3, 0.4) is 0 Å². The summed E-state index contributed by atoms with van der Waals surface area (Å²) in [4.78, 5) is 21.0. The summed E-state index contributed by atoms with van der Waals surface area (Å²) in [7, 11) is 0. The summed E-state index contributed by atoms with van der Waals surface area (Å²) in [5.41, 5.74) is 5.52. The molecule has 2 rings (SSSR count). The quantitative estimate of drug-likeness (QED) is 0.752. The van der Waals surface area contributed by atoms with Crippen LogP contribution < -0.4 is 10.6 Å². The Kier molecular flexibility index (Phi) is 2.73. The van der Waals surface area contributed by atoms with Crippen molar-refractivity contribution in [3.63, 3.8) is 0 Å². The molecule has 1 aromatic rings. The van der Waals surface area contributed by atoms with Crippen molar-refractivity contribution < 1.29 is 4.79 Å². The first-order valence-electron chi connectivity index (χ1n) is 4.64. The van der Waals surface area contributed by atoms with Gasteiger partial charge in [-0.25, -0.2) is 9.97 Å². The highest BCUT2D eigenvalue weighted by Gasteiger charge is 2.30. The molecule has 1 amide bonds. The van der Waals surface area contributed by atoms with Crippen molar-refractivity contribution in [1.29, 1.82) is 0 Å². The molecule has 1 aliphatic rings. The normalized spacial score (nSPS) is 21.0. The van der Waals surface area contributed by atoms with Crippen molar-refractivity contribution in [1.82, 2.24) is 9.97 Å². The molecule has 0 saturated carbocycles. The van der Waals surface area contributed by atoms with Crippen LogP contribution in [0.1, 0.15) is 6.42 Å². The minimum atomic E-state index is 0.0405. The van der Waals surface area contributed by atoms with Gasteiger partial charge in [0.05, 0.1) is 0 Å². The molecular formula is C9H11ClN4O. The molecular weight excluding hydrogens is 216 g/mol. The van der Waals surface area contributed by atoms with Crippen LogP contribution in [-0.2, 0) is 4.79 Å². The molecule has 0 aromatic carbocycles. The molecule has 1 atom stereocenters. The van der Waals surface area contributed by atoms with Crippen LogP contribution >= 0.6 is 11.6 Å². The predicted octanol–water partition coefficient (Wildman–Crippen LogP) is 0.650. The largest absolute Gasteiger partial charge is 0.384 e. The van der Waals surface area contributed by atoms with Crippen LogP contribution in [0.15, 0.2) is 12.4 Å². The fraction of sp³-hybridized carbons (Fsp3) is 0.444. The van der Waals surface area contributed by atoms with Gasteiger partial charge >= 0.3 is 0 Å². The van der Waals surface area contributed by atoms with E-state index in [9.17, 15) is 4.79 Å². The van der Waals surface area contributed by atoms with Crippen molar-refractivity contribution >= 4 is 29.1 Å². The van der Waals surface area contributed by atoms with Crippen LogP contribution in [0.2, 0.25) is 0 Å². The molecule has 2 N–H and O–H groups in total. The Balaban J connectivity index is 2.21. The van der Waals surface area contributed by atoms with E-state index in [1.165, 1.54) is 6.33 Å². The summed E-state index contributed by atoms with van der Waals surface area (Å²) in [6, 6.07) is 1.59. The molecule has 5 nitrogen and oxygen atoms in total. The van der Waals surface area contributed by atoms with Gasteiger partial charge in [0, 0.05) is 24.9 Å². The molecule has 0 bridgehead atoms. The highest BCUT2D eigenvalue weighted by molar-refractivity contribution is 6.18. The van der Waals surface area contributed by atoms with Gasteiger partial charge in [-0.2, -0.15) is 0 Å². The van der Waals surface area contributed by atoms with Crippen molar-refractivity contribution in [2.45, 2.75) is 6.42 Å². The van der Waals surface area contributed by atoms with Crippen LogP contribution in [0.5, 0.6) is 0 Å². The molecule has 1 unspecified atom stereocenters. The summed E-state index contributed by atoms with van der Waals surface area (Å²) in [6.07, 6.45) is 1.83. The fourth-order valence-corrected chi connectivity index (χ4v) is 1.82. The van der Waals surface area contributed by atoms with Crippen LogP contribution in [0.25, 0.3) is 0 Å². The smallest absolute Gasteiger partial charge is 0.228 e. The molecule has 1 aliphatic heterocycles. The van der Waals surface area contributed by atoms with Gasteiger partial charge < -0.3 is 5.73 Å². The van der Waals surface area contributed by atoms with Gasteiger partial charge in [-0.1, -0.05) is 0 Å². The number of hydrogen-bond donors (Lipinski definition) is 1. The summed E-state index contributed by atoms with van der Waals surface area (Å²) in [5, 5.41) is 0. The number of carbonyl (C=O) groups excluding carboxylic acids is 1. The lowest BCUT2D eigenvalue weighted by molar-refractivity contribution is -0.117. The van der Waals surface area contributed by atoms with Gasteiger partial charge in [0.25, 0.3) is 0 Å². The number of amides is 1. The lowest BCUT2D eigenvalue weighted by atomic mass is 10.1. The zero-order valence-corrected chi connectivity index (χ0v) is 8.81. The summed E-state index contributed by atoms with van der Waals surface area (Å²) in [5.74, 6) is 1.65. The number of nitrogen functional groups attached to an aromatic ring is 1. The van der Waals surface area contributed by atoms with Crippen molar-refractivity contribution in [3.05, 3.63) is 12.4 Å². The molecule has 15 heavy (non-hydrogen) atoms. The highest BCUT2D eigenvalue weighted by Crippen LogP contribution is 2.24. The molecule has 1 fully saturated rings. The molecule has 0 aliphatic carbocycles. The van der Waals surface area contributed by atoms with E-state index in [4.69, 9.17) is 17.3 Å². The lowest BCUT2D eigenvalue weighted by Crippen LogP contribution is -2.25. The van der Waals surface area contributed by atoms with Crippen molar-refractivity contribution in [2.75, 3.05) is 23.1 Å². The second-order valence-electron chi connectivity index (χ2n) is 3.53. The van der Waals surface area contributed by atoms with E-state index < -0.39 is 0 Å². The van der Waals surface area contributed by atoms with Crippen molar-refractivity contribution in [3.8, 4) is 0 Å². The highest BCUT2D eigenvalue weighted by atomic mass is 35.5. The number of carbonyl (C=O) groups is 1. The Labute approximate surface area is 92.3 Å². The van der Waals surface area contributed by atoms with Crippen LogP contribution in [-0.4, -0.2) is 28.3 Å². The molecule has 2 heterocycles. The number of nitrogens with two attached hydrogens (primary N) is 1. The average Bonchev–Trinajstić information content (AvgIpc) is 2.60. The molecule has 1 aromatic heterocycles. The first-order chi connectivity index (χ1) is 7.20. The maximum Gasteiger partial charge on any atom is 0.228 e. The number of hydrogen-bond acceptors (Lipinski definition) is 4. The zero-order valence-electron chi connectivity index (χ0n) is 8.06. The topological polar surface area (TPSA) is 72.1 Å². The van der Waals surface area contributed by atoms with E-state index in [0.29, 0.717) is 30.5 Å². The fourth-order valence-electron chi connectivity index (χ4n) is 1.62. The number of halogens is 1. The Bertz CT molecular complexity index is 384. The van der Waals surface area contributed by atoms with Gasteiger partial charge in [-0.3, -0.25) is 9.69 Å². The minimum absolute atomic E-state index is 0.0405. The van der Waals surface area contributed by atoms with E-state index >= 15 is 0 Å². The Morgan fingerprint density at radius 1 is 1.60 bits per heavy atom. The Morgan fingerprint density at radius 2 is 2.40 bits per heavy atom. The van der Waals surface area contributed by atoms with E-state index in [-0.39, 0.29) is 11.8 Å². The monoisotopic (exact) mass is 226 g/mol. The van der Waals surface area contributed by atoms with E-state index in [1.807, 2.05) is 0 Å². The summed E-state index contributed by atoms with van der Waals surface area (Å²) >= 11 is 5.72. The average molecular weight is 227 g/mol. The standard InChI is InChI=1S/C9H11ClN4O/c10-3-6-1-9(15)14(4-6)8-2-7(11)12-5-13-8/h2,5-6H,1,3-4H2,(H2,11,12,13). The van der Waals surface area contributed by atoms with E-state index in [0.717, 1.165) is 0 Å². The number of alkyl halides is 1. The number of aromatic nitrogens is 2. The third-order valence-corrected chi connectivity index (χ3v) is 2.81. The van der Waals surface area contributed by atoms with Crippen LogP contribution in [0, 0.1) is 5.92 Å². The molecule has 80 valence electrons. The molecule has 0 spiro atoms. The maximum absolute atomic E-state index is 11.6. The summed E-state index contributed by atoms with van der Waals surface area (Å²) < 4.78 is 0. The molecule has 1 saturated heterocycles. The lowest BCUT2D eigenvalue weighted by Gasteiger charge is -2.14. The van der Waals surface area contributed by atoms with Gasteiger partial charge in [0.1, 0.15) is 18.0 Å². The SMILES string of the molecule is Nc1cc(N2CC(CCl)CC2=O)ncn1. The minimum Gasteiger partial charge on any atom is -0.384 e. The first kappa shape index (κ1) is 10.2. The third-order valence-electron chi connectivity index (χ3n) is 2.37. The van der Waals surface area contributed by atoms with Crippen LogP contribution in [0.4, 0.5) is 11.6 Å². The van der Waals surface area contributed by atoms with Crippen molar-refractivity contribution in [2.24, 2.45) is 5.92 Å². The number of nitrogens with zero attached hydrogens (tertiary/aromatic N) is 3. The number of rotatable bonds is 2. The number of anilines is 2. The Hall–Kier alpha value is -1.36. The third kappa shape index (κ3) is 2.02. The van der Waals surface area contributed by atoms with Gasteiger partial charge in [-0.05, 0) is 5.92 Å². The van der Waals surface area contributed by atoms with Gasteiger partial charge in [0.2, 0.25) is 5.91 Å². The molecule has 6 heteroatoms. The predicted molar refractivity (Wildman–Crippen MR) is 57.6 cm³/mol. The Morgan fingerprint density at radius 3 is 3.00 bits per heavy atom. The second-order valence-corrected chi connectivity index (χ2v) is 3.84. The maximum atomic E-state index is 11.6.